The second kappa shape index (κ2) is 10.9. The Hall–Kier alpha value is -3.08. The number of carbonyl (C=O) groups excluding carboxylic acids is 2. The van der Waals surface area contributed by atoms with E-state index in [4.69, 9.17) is 4.74 Å². The fourth-order valence-electron chi connectivity index (χ4n) is 2.92. The van der Waals surface area contributed by atoms with Crippen LogP contribution in [0.2, 0.25) is 0 Å². The molecule has 1 N–H and O–H groups in total. The Balaban J connectivity index is 2.08. The van der Waals surface area contributed by atoms with Crippen LogP contribution in [0.15, 0.2) is 54.6 Å². The standard InChI is InChI=1S/C23H28N2O3/c1-4-15-25(16-5-2)23(27)19-10-8-11-20(17-19)24-22(26)14-13-18-9-6-7-12-21(18)28-3/h6-14,17H,4-5,15-16H2,1-3H3,(H,24,26)/b14-13+. The molecule has 0 aliphatic rings. The SMILES string of the molecule is CCCN(CCC)C(=O)c1cccc(NC(=O)/C=C/c2ccccc2OC)c1. The lowest BCUT2D eigenvalue weighted by atomic mass is 10.1. The second-order valence-corrected chi connectivity index (χ2v) is 6.44. The van der Waals surface area contributed by atoms with Crippen molar-refractivity contribution in [3.8, 4) is 5.75 Å². The Morgan fingerprint density at radius 2 is 1.75 bits per heavy atom. The molecule has 0 aromatic heterocycles. The Kier molecular flexibility index (Phi) is 8.28. The molecule has 0 spiro atoms. The quantitative estimate of drug-likeness (QED) is 0.646. The number of anilines is 1. The van der Waals surface area contributed by atoms with E-state index in [1.807, 2.05) is 29.2 Å². The van der Waals surface area contributed by atoms with Gasteiger partial charge in [0.05, 0.1) is 7.11 Å². The summed E-state index contributed by atoms with van der Waals surface area (Å²) in [7, 11) is 1.59. The van der Waals surface area contributed by atoms with Crippen LogP contribution in [0, 0.1) is 0 Å². The van der Waals surface area contributed by atoms with Crippen LogP contribution in [-0.4, -0.2) is 36.9 Å². The molecule has 0 aliphatic carbocycles. The van der Waals surface area contributed by atoms with Gasteiger partial charge in [0.25, 0.3) is 5.91 Å². The predicted octanol–water partition coefficient (Wildman–Crippen LogP) is 4.61. The molecule has 5 heteroatoms. The third-order valence-corrected chi connectivity index (χ3v) is 4.20. The molecule has 0 saturated carbocycles. The van der Waals surface area contributed by atoms with E-state index in [2.05, 4.69) is 19.2 Å². The van der Waals surface area contributed by atoms with Crippen molar-refractivity contribution in [3.63, 3.8) is 0 Å². The largest absolute Gasteiger partial charge is 0.496 e. The van der Waals surface area contributed by atoms with Crippen LogP contribution >= 0.6 is 0 Å². The molecule has 2 aromatic rings. The Labute approximate surface area is 167 Å². The van der Waals surface area contributed by atoms with Gasteiger partial charge in [0.1, 0.15) is 5.75 Å². The van der Waals surface area contributed by atoms with E-state index in [9.17, 15) is 9.59 Å². The fraction of sp³-hybridized carbons (Fsp3) is 0.304. The first kappa shape index (κ1) is 21.2. The van der Waals surface area contributed by atoms with Crippen molar-refractivity contribution in [3.05, 3.63) is 65.7 Å². The lowest BCUT2D eigenvalue weighted by Gasteiger charge is -2.21. The Bertz CT molecular complexity index is 824. The first-order chi connectivity index (χ1) is 13.6. The maximum atomic E-state index is 12.7. The molecule has 0 unspecified atom stereocenters. The summed E-state index contributed by atoms with van der Waals surface area (Å²) >= 11 is 0. The van der Waals surface area contributed by atoms with Crippen LogP contribution in [0.5, 0.6) is 5.75 Å². The average molecular weight is 380 g/mol. The van der Waals surface area contributed by atoms with Gasteiger partial charge in [-0.3, -0.25) is 9.59 Å². The van der Waals surface area contributed by atoms with Crippen LogP contribution in [-0.2, 0) is 4.79 Å². The Morgan fingerprint density at radius 1 is 1.04 bits per heavy atom. The van der Waals surface area contributed by atoms with Crippen molar-refractivity contribution >= 4 is 23.6 Å². The number of para-hydroxylation sites is 1. The van der Waals surface area contributed by atoms with E-state index < -0.39 is 0 Å². The molecule has 0 bridgehead atoms. The first-order valence-electron chi connectivity index (χ1n) is 9.60. The van der Waals surface area contributed by atoms with Crippen LogP contribution in [0.25, 0.3) is 6.08 Å². The van der Waals surface area contributed by atoms with Gasteiger partial charge < -0.3 is 15.0 Å². The molecule has 0 fully saturated rings. The third kappa shape index (κ3) is 5.98. The minimum atomic E-state index is -0.269. The van der Waals surface area contributed by atoms with E-state index >= 15 is 0 Å². The molecule has 0 radical (unpaired) electrons. The number of hydrogen-bond donors (Lipinski definition) is 1. The monoisotopic (exact) mass is 380 g/mol. The summed E-state index contributed by atoms with van der Waals surface area (Å²) in [4.78, 5) is 26.9. The maximum Gasteiger partial charge on any atom is 0.253 e. The van der Waals surface area contributed by atoms with Gasteiger partial charge in [-0.2, -0.15) is 0 Å². The molecule has 28 heavy (non-hydrogen) atoms. The van der Waals surface area contributed by atoms with Gasteiger partial charge in [-0.25, -0.2) is 0 Å². The summed E-state index contributed by atoms with van der Waals surface area (Å²) in [5, 5.41) is 2.81. The van der Waals surface area contributed by atoms with Crippen molar-refractivity contribution in [1.29, 1.82) is 0 Å². The summed E-state index contributed by atoms with van der Waals surface area (Å²) in [6.45, 7) is 5.57. The third-order valence-electron chi connectivity index (χ3n) is 4.20. The van der Waals surface area contributed by atoms with Crippen LogP contribution in [0.4, 0.5) is 5.69 Å². The smallest absolute Gasteiger partial charge is 0.253 e. The minimum Gasteiger partial charge on any atom is -0.496 e. The second-order valence-electron chi connectivity index (χ2n) is 6.44. The van der Waals surface area contributed by atoms with Gasteiger partial charge in [0, 0.05) is 36.0 Å². The molecule has 2 rings (SSSR count). The highest BCUT2D eigenvalue weighted by Crippen LogP contribution is 2.19. The number of nitrogens with one attached hydrogen (secondary N) is 1. The van der Waals surface area contributed by atoms with Gasteiger partial charge in [0.2, 0.25) is 5.91 Å². The highest BCUT2D eigenvalue weighted by atomic mass is 16.5. The molecule has 5 nitrogen and oxygen atoms in total. The zero-order valence-electron chi connectivity index (χ0n) is 16.8. The molecule has 0 aliphatic heterocycles. The predicted molar refractivity (Wildman–Crippen MR) is 114 cm³/mol. The molecule has 148 valence electrons. The van der Waals surface area contributed by atoms with Crippen molar-refractivity contribution in [2.45, 2.75) is 26.7 Å². The van der Waals surface area contributed by atoms with E-state index in [0.29, 0.717) is 17.0 Å². The summed E-state index contributed by atoms with van der Waals surface area (Å²) in [6.07, 6.45) is 4.98. The molecule has 2 aromatic carbocycles. The average Bonchev–Trinajstić information content (AvgIpc) is 2.72. The van der Waals surface area contributed by atoms with Gasteiger partial charge in [0.15, 0.2) is 0 Å². The number of amides is 2. The number of carbonyl (C=O) groups is 2. The van der Waals surface area contributed by atoms with Gasteiger partial charge >= 0.3 is 0 Å². The summed E-state index contributed by atoms with van der Waals surface area (Å²) in [5.74, 6) is 0.421. The maximum absolute atomic E-state index is 12.7. The van der Waals surface area contributed by atoms with E-state index in [0.717, 1.165) is 31.5 Å². The van der Waals surface area contributed by atoms with Crippen molar-refractivity contribution in [1.82, 2.24) is 4.90 Å². The van der Waals surface area contributed by atoms with Gasteiger partial charge in [-0.05, 0) is 43.2 Å². The number of rotatable bonds is 9. The minimum absolute atomic E-state index is 0.00985. The van der Waals surface area contributed by atoms with Crippen molar-refractivity contribution in [2.24, 2.45) is 0 Å². The summed E-state index contributed by atoms with van der Waals surface area (Å²) < 4.78 is 5.27. The number of benzene rings is 2. The number of methoxy groups -OCH3 is 1. The lowest BCUT2D eigenvalue weighted by Crippen LogP contribution is -2.32. The molecule has 0 saturated heterocycles. The lowest BCUT2D eigenvalue weighted by molar-refractivity contribution is -0.111. The molecule has 0 atom stereocenters. The highest BCUT2D eigenvalue weighted by Gasteiger charge is 2.14. The van der Waals surface area contributed by atoms with Crippen LogP contribution in [0.3, 0.4) is 0 Å². The van der Waals surface area contributed by atoms with E-state index in [1.54, 1.807) is 37.5 Å². The number of ether oxygens (including phenoxy) is 1. The summed E-state index contributed by atoms with van der Waals surface area (Å²) in [6, 6.07) is 14.5. The molecule has 0 heterocycles. The van der Waals surface area contributed by atoms with E-state index in [1.165, 1.54) is 6.08 Å². The zero-order chi connectivity index (χ0) is 20.4. The zero-order valence-corrected chi connectivity index (χ0v) is 16.8. The fourth-order valence-corrected chi connectivity index (χ4v) is 2.92. The normalized spacial score (nSPS) is 10.7. The molecular weight excluding hydrogens is 352 g/mol. The van der Waals surface area contributed by atoms with Crippen molar-refractivity contribution < 1.29 is 14.3 Å². The Morgan fingerprint density at radius 3 is 2.43 bits per heavy atom. The van der Waals surface area contributed by atoms with Gasteiger partial charge in [-0.15, -0.1) is 0 Å². The molecular formula is C23H28N2O3. The van der Waals surface area contributed by atoms with Gasteiger partial charge in [-0.1, -0.05) is 38.1 Å². The van der Waals surface area contributed by atoms with Crippen LogP contribution in [0.1, 0.15) is 42.6 Å². The first-order valence-corrected chi connectivity index (χ1v) is 9.60. The number of hydrogen-bond acceptors (Lipinski definition) is 3. The molecule has 2 amide bonds. The number of nitrogens with zero attached hydrogens (tertiary/aromatic N) is 1. The topological polar surface area (TPSA) is 58.6 Å². The summed E-state index contributed by atoms with van der Waals surface area (Å²) in [5.41, 5.74) is 1.99. The van der Waals surface area contributed by atoms with E-state index in [-0.39, 0.29) is 11.8 Å². The highest BCUT2D eigenvalue weighted by molar-refractivity contribution is 6.03. The van der Waals surface area contributed by atoms with Crippen molar-refractivity contribution in [2.75, 3.05) is 25.5 Å². The van der Waals surface area contributed by atoms with Crippen LogP contribution < -0.4 is 10.1 Å².